The number of allylic oxidation sites excluding steroid dienone is 2. The van der Waals surface area contributed by atoms with E-state index in [-0.39, 0.29) is 11.5 Å². The Balaban J connectivity index is 1.25. The summed E-state index contributed by atoms with van der Waals surface area (Å²) in [6.07, 6.45) is 8.76. The first-order valence-electron chi connectivity index (χ1n) is 16.2. The molecule has 3 saturated carbocycles. The standard InChI is InChI=1S/C33H56O6/c1-19(2)7-6-8-20(3)24-11-12-25-23-10-9-21-17-22(13-15-32(21,4)26(23)14-16-33(24,25)5)38-31-30(37)29(36)28(35)27(18-34)39-31/h19-22,24,26-31,34-37H,6-18H2,1-5H3/t20-,21+,22+,24-,26+,27-,28+,29+,30-,31-,32+,33-/m1/s1. The maximum absolute atomic E-state index is 10.5. The number of aliphatic hydroxyl groups is 4. The predicted octanol–water partition coefficient (Wildman–Crippen LogP) is 5.36. The van der Waals surface area contributed by atoms with Crippen molar-refractivity contribution >= 4 is 0 Å². The lowest BCUT2D eigenvalue weighted by atomic mass is 9.48. The van der Waals surface area contributed by atoms with Crippen molar-refractivity contribution in [1.82, 2.24) is 0 Å². The summed E-state index contributed by atoms with van der Waals surface area (Å²) in [6, 6.07) is 0. The molecule has 4 N–H and O–H groups in total. The van der Waals surface area contributed by atoms with Crippen molar-refractivity contribution in [3.63, 3.8) is 0 Å². The maximum atomic E-state index is 10.5. The maximum Gasteiger partial charge on any atom is 0.186 e. The van der Waals surface area contributed by atoms with E-state index in [1.165, 1.54) is 57.8 Å². The van der Waals surface area contributed by atoms with Crippen LogP contribution in [0.3, 0.4) is 0 Å². The summed E-state index contributed by atoms with van der Waals surface area (Å²) in [7, 11) is 0. The van der Waals surface area contributed by atoms with Gasteiger partial charge in [0.05, 0.1) is 12.7 Å². The van der Waals surface area contributed by atoms with Crippen LogP contribution in [0.5, 0.6) is 0 Å². The third-order valence-electron chi connectivity index (χ3n) is 12.3. The second-order valence-electron chi connectivity index (χ2n) is 14.9. The summed E-state index contributed by atoms with van der Waals surface area (Å²) in [5, 5.41) is 40.3. The summed E-state index contributed by atoms with van der Waals surface area (Å²) in [6.45, 7) is 11.9. The molecule has 0 spiro atoms. The number of aliphatic hydroxyl groups excluding tert-OH is 4. The lowest BCUT2D eigenvalue weighted by Crippen LogP contribution is -2.60. The normalized spacial score (nSPS) is 47.1. The molecule has 6 heteroatoms. The molecule has 0 bridgehead atoms. The van der Waals surface area contributed by atoms with Gasteiger partial charge >= 0.3 is 0 Å². The van der Waals surface area contributed by atoms with E-state index in [0.717, 1.165) is 37.0 Å². The molecule has 0 aromatic carbocycles. The van der Waals surface area contributed by atoms with Gasteiger partial charge in [-0.3, -0.25) is 0 Å². The van der Waals surface area contributed by atoms with Gasteiger partial charge in [-0.2, -0.15) is 0 Å². The van der Waals surface area contributed by atoms with E-state index in [0.29, 0.717) is 17.3 Å². The molecule has 1 aliphatic heterocycles. The van der Waals surface area contributed by atoms with Gasteiger partial charge < -0.3 is 29.9 Å². The van der Waals surface area contributed by atoms with E-state index in [4.69, 9.17) is 9.47 Å². The van der Waals surface area contributed by atoms with Crippen LogP contribution in [0.25, 0.3) is 0 Å². The molecule has 1 heterocycles. The van der Waals surface area contributed by atoms with Crippen molar-refractivity contribution in [2.24, 2.45) is 40.4 Å². The molecule has 0 aromatic heterocycles. The molecule has 0 amide bonds. The van der Waals surface area contributed by atoms with Gasteiger partial charge in [-0.05, 0) is 98.2 Å². The van der Waals surface area contributed by atoms with Crippen molar-refractivity contribution < 1.29 is 29.9 Å². The molecule has 4 fully saturated rings. The van der Waals surface area contributed by atoms with Crippen LogP contribution in [-0.2, 0) is 9.47 Å². The Kier molecular flexibility index (Phi) is 8.95. The number of rotatable bonds is 8. The van der Waals surface area contributed by atoms with Crippen LogP contribution < -0.4 is 0 Å². The summed E-state index contributed by atoms with van der Waals surface area (Å²) < 4.78 is 11.9. The molecule has 5 aliphatic rings. The average molecular weight is 549 g/mol. The minimum absolute atomic E-state index is 0.0462. The number of hydrogen-bond acceptors (Lipinski definition) is 6. The van der Waals surface area contributed by atoms with E-state index >= 15 is 0 Å². The number of hydrogen-bond donors (Lipinski definition) is 4. The predicted molar refractivity (Wildman–Crippen MR) is 152 cm³/mol. The van der Waals surface area contributed by atoms with Crippen LogP contribution >= 0.6 is 0 Å². The summed E-state index contributed by atoms with van der Waals surface area (Å²) in [4.78, 5) is 0. The van der Waals surface area contributed by atoms with Gasteiger partial charge in [0.1, 0.15) is 24.4 Å². The Hall–Kier alpha value is -0.500. The second-order valence-corrected chi connectivity index (χ2v) is 14.9. The van der Waals surface area contributed by atoms with Crippen molar-refractivity contribution in [3.8, 4) is 0 Å². The molecule has 1 saturated heterocycles. The third kappa shape index (κ3) is 5.41. The molecule has 0 radical (unpaired) electrons. The van der Waals surface area contributed by atoms with E-state index in [2.05, 4.69) is 34.6 Å². The van der Waals surface area contributed by atoms with Crippen LogP contribution in [0.1, 0.15) is 112 Å². The molecular formula is C33H56O6. The van der Waals surface area contributed by atoms with Crippen molar-refractivity contribution in [1.29, 1.82) is 0 Å². The minimum atomic E-state index is -1.39. The second kappa shape index (κ2) is 11.6. The highest BCUT2D eigenvalue weighted by atomic mass is 16.7. The molecule has 5 rings (SSSR count). The van der Waals surface area contributed by atoms with Crippen LogP contribution in [0.4, 0.5) is 0 Å². The van der Waals surface area contributed by atoms with Crippen molar-refractivity contribution in [3.05, 3.63) is 11.1 Å². The average Bonchev–Trinajstić information content (AvgIpc) is 3.26. The van der Waals surface area contributed by atoms with Gasteiger partial charge in [-0.15, -0.1) is 0 Å². The van der Waals surface area contributed by atoms with Gasteiger partial charge in [-0.25, -0.2) is 0 Å². The molecule has 6 nitrogen and oxygen atoms in total. The van der Waals surface area contributed by atoms with Crippen LogP contribution in [0.2, 0.25) is 0 Å². The van der Waals surface area contributed by atoms with Gasteiger partial charge in [-0.1, -0.05) is 65.0 Å². The van der Waals surface area contributed by atoms with E-state index in [9.17, 15) is 20.4 Å². The number of ether oxygens (including phenoxy) is 2. The topological polar surface area (TPSA) is 99.4 Å². The monoisotopic (exact) mass is 548 g/mol. The fourth-order valence-electron chi connectivity index (χ4n) is 9.94. The smallest absolute Gasteiger partial charge is 0.186 e. The van der Waals surface area contributed by atoms with Crippen molar-refractivity contribution in [2.45, 2.75) is 148 Å². The zero-order valence-corrected chi connectivity index (χ0v) is 25.1. The minimum Gasteiger partial charge on any atom is -0.394 e. The van der Waals surface area contributed by atoms with Gasteiger partial charge in [0.15, 0.2) is 6.29 Å². The van der Waals surface area contributed by atoms with Crippen LogP contribution in [-0.4, -0.2) is 63.8 Å². The first-order chi connectivity index (χ1) is 18.5. The zero-order chi connectivity index (χ0) is 28.1. The van der Waals surface area contributed by atoms with Crippen LogP contribution in [0, 0.1) is 40.4 Å². The highest BCUT2D eigenvalue weighted by Gasteiger charge is 2.56. The zero-order valence-electron chi connectivity index (χ0n) is 25.1. The van der Waals surface area contributed by atoms with Gasteiger partial charge in [0.25, 0.3) is 0 Å². The van der Waals surface area contributed by atoms with Crippen LogP contribution in [0.15, 0.2) is 11.1 Å². The molecule has 4 aliphatic carbocycles. The van der Waals surface area contributed by atoms with Gasteiger partial charge in [0, 0.05) is 0 Å². The largest absolute Gasteiger partial charge is 0.394 e. The lowest BCUT2D eigenvalue weighted by molar-refractivity contribution is -0.315. The molecule has 12 atom stereocenters. The highest BCUT2D eigenvalue weighted by molar-refractivity contribution is 5.34. The van der Waals surface area contributed by atoms with E-state index in [1.54, 1.807) is 0 Å². The van der Waals surface area contributed by atoms with E-state index < -0.39 is 37.3 Å². The van der Waals surface area contributed by atoms with Crippen molar-refractivity contribution in [2.75, 3.05) is 6.61 Å². The lowest BCUT2D eigenvalue weighted by Gasteiger charge is -2.57. The van der Waals surface area contributed by atoms with Gasteiger partial charge in [0.2, 0.25) is 0 Å². The Morgan fingerprint density at radius 2 is 1.69 bits per heavy atom. The summed E-state index contributed by atoms with van der Waals surface area (Å²) >= 11 is 0. The summed E-state index contributed by atoms with van der Waals surface area (Å²) in [5.74, 6) is 3.71. The molecule has 0 aromatic rings. The van der Waals surface area contributed by atoms with E-state index in [1.807, 2.05) is 11.1 Å². The Morgan fingerprint density at radius 1 is 0.923 bits per heavy atom. The number of fused-ring (bicyclic) bond motifs is 4. The Bertz CT molecular complexity index is 885. The SMILES string of the molecule is CC(C)CCC[C@@H](C)[C@H]1CCC2=C3CC[C@H]4C[C@@H](O[C@@H]5O[C@H](CO)[C@H](O)[C@H](O)[C@H]5O)CC[C@]4(C)[C@H]3CC[C@@]21C. The molecular weight excluding hydrogens is 492 g/mol. The first kappa shape index (κ1) is 30.0. The summed E-state index contributed by atoms with van der Waals surface area (Å²) in [5.41, 5.74) is 4.36. The first-order valence-corrected chi connectivity index (χ1v) is 16.2. The quantitative estimate of drug-likeness (QED) is 0.241. The highest BCUT2D eigenvalue weighted by Crippen LogP contribution is 2.66. The fourth-order valence-corrected chi connectivity index (χ4v) is 9.94. The molecule has 0 unspecified atom stereocenters. The Morgan fingerprint density at radius 3 is 2.41 bits per heavy atom. The molecule has 224 valence electrons. The fraction of sp³-hybridized carbons (Fsp3) is 0.939. The Labute approximate surface area is 236 Å². The molecule has 39 heavy (non-hydrogen) atoms. The third-order valence-corrected chi connectivity index (χ3v) is 12.3.